The summed E-state index contributed by atoms with van der Waals surface area (Å²) in [6.45, 7) is 4.68. The molecule has 7 nitrogen and oxygen atoms in total. The van der Waals surface area contributed by atoms with Crippen molar-refractivity contribution >= 4 is 38.7 Å². The third-order valence-corrected chi connectivity index (χ3v) is 7.17. The Labute approximate surface area is 151 Å². The summed E-state index contributed by atoms with van der Waals surface area (Å²) in [5, 5.41) is 2.98. The van der Waals surface area contributed by atoms with E-state index in [-0.39, 0.29) is 22.8 Å². The Bertz CT molecular complexity index is 857. The maximum Gasteiger partial charge on any atom is 0.245 e. The average Bonchev–Trinajstić information content (AvgIpc) is 3.10. The number of fused-ring (bicyclic) bond motifs is 1. The number of amides is 1. The number of hydrogen-bond acceptors (Lipinski definition) is 6. The van der Waals surface area contributed by atoms with Crippen molar-refractivity contribution in [1.29, 1.82) is 0 Å². The Morgan fingerprint density at radius 2 is 2.08 bits per heavy atom. The Kier molecular flexibility index (Phi) is 5.35. The average molecular weight is 383 g/mol. The van der Waals surface area contributed by atoms with E-state index in [1.165, 1.54) is 4.31 Å². The van der Waals surface area contributed by atoms with E-state index in [1.807, 2.05) is 13.8 Å². The predicted molar refractivity (Wildman–Crippen MR) is 96.8 cm³/mol. The van der Waals surface area contributed by atoms with E-state index in [1.54, 1.807) is 18.2 Å². The minimum Gasteiger partial charge on any atom is -0.353 e. The molecule has 1 aliphatic rings. The van der Waals surface area contributed by atoms with Gasteiger partial charge < -0.3 is 5.32 Å². The summed E-state index contributed by atoms with van der Waals surface area (Å²) in [6.07, 6.45) is 1.95. The van der Waals surface area contributed by atoms with Gasteiger partial charge in [-0.25, -0.2) is 8.42 Å². The van der Waals surface area contributed by atoms with Crippen LogP contribution in [0.25, 0.3) is 11.0 Å². The number of sulfonamides is 1. The number of aromatic nitrogens is 2. The van der Waals surface area contributed by atoms with Crippen LogP contribution in [0.5, 0.6) is 0 Å². The van der Waals surface area contributed by atoms with Crippen molar-refractivity contribution in [3.05, 3.63) is 18.2 Å². The van der Waals surface area contributed by atoms with Crippen molar-refractivity contribution < 1.29 is 13.2 Å². The van der Waals surface area contributed by atoms with Gasteiger partial charge in [-0.1, -0.05) is 13.0 Å². The fraction of sp³-hybridized carbons (Fsp3) is 0.562. The molecule has 1 aromatic carbocycles. The number of hydrogen-bond donors (Lipinski definition) is 1. The lowest BCUT2D eigenvalue weighted by atomic mass is 9.97. The zero-order valence-corrected chi connectivity index (χ0v) is 15.9. The number of carbonyl (C=O) groups is 1. The molecule has 3 rings (SSSR count). The first-order valence-electron chi connectivity index (χ1n) is 8.45. The molecule has 0 saturated carbocycles. The second-order valence-corrected chi connectivity index (χ2v) is 8.82. The Hall–Kier alpha value is -1.58. The molecule has 1 fully saturated rings. The molecule has 9 heteroatoms. The van der Waals surface area contributed by atoms with E-state index in [9.17, 15) is 13.2 Å². The molecule has 1 atom stereocenters. The lowest BCUT2D eigenvalue weighted by Crippen LogP contribution is -2.44. The molecule has 1 unspecified atom stereocenters. The van der Waals surface area contributed by atoms with Gasteiger partial charge in [-0.05, 0) is 38.3 Å². The van der Waals surface area contributed by atoms with E-state index in [0.29, 0.717) is 37.0 Å². The fourth-order valence-corrected chi connectivity index (χ4v) is 5.17. The molecule has 1 N–H and O–H groups in total. The van der Waals surface area contributed by atoms with Crippen LogP contribution in [0.3, 0.4) is 0 Å². The van der Waals surface area contributed by atoms with Crippen LogP contribution in [0, 0.1) is 5.92 Å². The van der Waals surface area contributed by atoms with Crippen molar-refractivity contribution in [3.63, 3.8) is 0 Å². The van der Waals surface area contributed by atoms with Gasteiger partial charge >= 0.3 is 0 Å². The molecule has 1 amide bonds. The van der Waals surface area contributed by atoms with Crippen molar-refractivity contribution in [2.24, 2.45) is 5.92 Å². The van der Waals surface area contributed by atoms with E-state index in [0.717, 1.165) is 18.1 Å². The molecule has 1 aliphatic heterocycles. The number of carbonyl (C=O) groups excluding carboxylic acids is 1. The molecule has 2 heterocycles. The van der Waals surface area contributed by atoms with Gasteiger partial charge in [0.2, 0.25) is 15.9 Å². The number of piperidine rings is 1. The topological polar surface area (TPSA) is 92.3 Å². The van der Waals surface area contributed by atoms with Gasteiger partial charge in [0, 0.05) is 25.0 Å². The van der Waals surface area contributed by atoms with Crippen molar-refractivity contribution in [2.45, 2.75) is 44.0 Å². The van der Waals surface area contributed by atoms with Gasteiger partial charge in [0.1, 0.15) is 15.9 Å². The highest BCUT2D eigenvalue weighted by Crippen LogP contribution is 2.28. The van der Waals surface area contributed by atoms with Gasteiger partial charge in [-0.3, -0.25) is 4.79 Å². The summed E-state index contributed by atoms with van der Waals surface area (Å²) >= 11 is 1.01. The normalized spacial score (nSPS) is 18.3. The van der Waals surface area contributed by atoms with Gasteiger partial charge in [0.15, 0.2) is 0 Å². The first-order valence-corrected chi connectivity index (χ1v) is 10.6. The molecule has 0 spiro atoms. The largest absolute Gasteiger partial charge is 0.353 e. The van der Waals surface area contributed by atoms with Crippen molar-refractivity contribution in [1.82, 2.24) is 18.4 Å². The summed E-state index contributed by atoms with van der Waals surface area (Å²) in [6, 6.07) is 5.15. The molecule has 1 saturated heterocycles. The maximum atomic E-state index is 13.0. The predicted octanol–water partition coefficient (Wildman–Crippen LogP) is 2.01. The van der Waals surface area contributed by atoms with E-state index in [4.69, 9.17) is 0 Å². The highest BCUT2D eigenvalue weighted by molar-refractivity contribution is 7.89. The number of benzene rings is 1. The second kappa shape index (κ2) is 7.35. The quantitative estimate of drug-likeness (QED) is 0.854. The summed E-state index contributed by atoms with van der Waals surface area (Å²) < 4.78 is 35.6. The second-order valence-electron chi connectivity index (χ2n) is 6.38. The zero-order valence-electron chi connectivity index (χ0n) is 14.3. The van der Waals surface area contributed by atoms with E-state index >= 15 is 0 Å². The lowest BCUT2D eigenvalue weighted by Gasteiger charge is -2.31. The minimum absolute atomic E-state index is 0.0252. The highest BCUT2D eigenvalue weighted by atomic mass is 32.2. The van der Waals surface area contributed by atoms with Crippen molar-refractivity contribution in [2.75, 3.05) is 13.1 Å². The maximum absolute atomic E-state index is 13.0. The number of rotatable bonds is 5. The van der Waals surface area contributed by atoms with E-state index in [2.05, 4.69) is 14.1 Å². The summed E-state index contributed by atoms with van der Waals surface area (Å²) in [7, 11) is -3.63. The summed E-state index contributed by atoms with van der Waals surface area (Å²) in [4.78, 5) is 12.4. The summed E-state index contributed by atoms with van der Waals surface area (Å²) in [5.74, 6) is -0.102. The van der Waals surface area contributed by atoms with Gasteiger partial charge in [-0.2, -0.15) is 13.1 Å². The fourth-order valence-electron chi connectivity index (χ4n) is 2.95. The van der Waals surface area contributed by atoms with Crippen LogP contribution in [-0.4, -0.2) is 46.5 Å². The molecular formula is C16H22N4O3S2. The Balaban J connectivity index is 1.72. The molecule has 0 aliphatic carbocycles. The van der Waals surface area contributed by atoms with Crippen molar-refractivity contribution in [3.8, 4) is 0 Å². The lowest BCUT2D eigenvalue weighted by molar-refractivity contribution is -0.126. The monoisotopic (exact) mass is 382 g/mol. The molecule has 0 bridgehead atoms. The number of nitrogens with one attached hydrogen (secondary N) is 1. The molecular weight excluding hydrogens is 360 g/mol. The van der Waals surface area contributed by atoms with E-state index < -0.39 is 10.0 Å². The standard InChI is InChI=1S/C16H22N4O3S2/c1-3-11(2)17-16(21)12-7-9-20(10-8-12)25(22,23)14-6-4-5-13-15(14)19-24-18-13/h4-6,11-12H,3,7-10H2,1-2H3,(H,17,21). The zero-order chi connectivity index (χ0) is 18.0. The van der Waals surface area contributed by atoms with Crippen LogP contribution in [-0.2, 0) is 14.8 Å². The minimum atomic E-state index is -3.63. The molecule has 0 radical (unpaired) electrons. The SMILES string of the molecule is CCC(C)NC(=O)C1CCN(S(=O)(=O)c2cccc3nsnc23)CC1. The smallest absolute Gasteiger partial charge is 0.245 e. The van der Waals surface area contributed by atoms with Crippen LogP contribution in [0.2, 0.25) is 0 Å². The van der Waals surface area contributed by atoms with Crippen LogP contribution in [0.15, 0.2) is 23.1 Å². The molecule has 25 heavy (non-hydrogen) atoms. The number of nitrogens with zero attached hydrogens (tertiary/aromatic N) is 3. The molecule has 136 valence electrons. The van der Waals surface area contributed by atoms with Gasteiger partial charge in [-0.15, -0.1) is 0 Å². The summed E-state index contributed by atoms with van der Waals surface area (Å²) in [5.41, 5.74) is 1.01. The van der Waals surface area contributed by atoms with Gasteiger partial charge in [0.05, 0.1) is 11.7 Å². The van der Waals surface area contributed by atoms with Crippen LogP contribution in [0.1, 0.15) is 33.1 Å². The first kappa shape index (κ1) is 18.2. The highest BCUT2D eigenvalue weighted by Gasteiger charge is 2.33. The van der Waals surface area contributed by atoms with Gasteiger partial charge in [0.25, 0.3) is 0 Å². The third kappa shape index (κ3) is 3.68. The van der Waals surface area contributed by atoms with Crippen LogP contribution >= 0.6 is 11.7 Å². The van der Waals surface area contributed by atoms with Crippen LogP contribution in [0.4, 0.5) is 0 Å². The Morgan fingerprint density at radius 1 is 1.36 bits per heavy atom. The molecule has 1 aromatic heterocycles. The third-order valence-electron chi connectivity index (χ3n) is 4.69. The Morgan fingerprint density at radius 3 is 2.76 bits per heavy atom. The molecule has 2 aromatic rings. The van der Waals surface area contributed by atoms with Crippen LogP contribution < -0.4 is 5.32 Å². The first-order chi connectivity index (χ1) is 11.9.